The molecule has 0 radical (unpaired) electrons. The topological polar surface area (TPSA) is 28.2 Å². The molecule has 1 atom stereocenters. The molecule has 0 spiro atoms. The van der Waals surface area contributed by atoms with Crippen molar-refractivity contribution in [1.82, 2.24) is 10.3 Å². The standard InChI is InChI=1S/C15H29N3S/c1-6-9-12(4)18(5)15-17-13(8-3)14(19-15)11-16-10-7-2/h12,16H,6-11H2,1-5H3. The van der Waals surface area contributed by atoms with Gasteiger partial charge in [0, 0.05) is 24.5 Å². The van der Waals surface area contributed by atoms with Gasteiger partial charge in [0.05, 0.1) is 5.69 Å². The van der Waals surface area contributed by atoms with Gasteiger partial charge in [0.15, 0.2) is 5.13 Å². The molecule has 1 unspecified atom stereocenters. The lowest BCUT2D eigenvalue weighted by atomic mass is 10.2. The molecule has 0 aliphatic heterocycles. The first kappa shape index (κ1) is 16.4. The Hall–Kier alpha value is -0.610. The number of aryl methyl sites for hydroxylation is 1. The first-order valence-electron chi connectivity index (χ1n) is 7.56. The molecule has 19 heavy (non-hydrogen) atoms. The lowest BCUT2D eigenvalue weighted by Crippen LogP contribution is -2.28. The summed E-state index contributed by atoms with van der Waals surface area (Å²) in [7, 11) is 2.17. The fourth-order valence-corrected chi connectivity index (χ4v) is 3.30. The van der Waals surface area contributed by atoms with Gasteiger partial charge in [-0.15, -0.1) is 11.3 Å². The second-order valence-electron chi connectivity index (χ2n) is 5.15. The molecule has 0 aliphatic rings. The van der Waals surface area contributed by atoms with Crippen LogP contribution in [0.2, 0.25) is 0 Å². The van der Waals surface area contributed by atoms with E-state index in [-0.39, 0.29) is 0 Å². The van der Waals surface area contributed by atoms with Gasteiger partial charge in [-0.3, -0.25) is 0 Å². The quantitative estimate of drug-likeness (QED) is 0.698. The van der Waals surface area contributed by atoms with Crippen LogP contribution < -0.4 is 10.2 Å². The fourth-order valence-electron chi connectivity index (χ4n) is 2.11. The van der Waals surface area contributed by atoms with Crippen LogP contribution in [0.5, 0.6) is 0 Å². The van der Waals surface area contributed by atoms with E-state index in [1.807, 2.05) is 11.3 Å². The number of nitrogens with zero attached hydrogens (tertiary/aromatic N) is 2. The zero-order valence-electron chi connectivity index (χ0n) is 13.1. The van der Waals surface area contributed by atoms with E-state index in [1.54, 1.807) is 0 Å². The van der Waals surface area contributed by atoms with E-state index in [2.05, 4.69) is 45.0 Å². The Morgan fingerprint density at radius 3 is 2.58 bits per heavy atom. The summed E-state index contributed by atoms with van der Waals surface area (Å²) in [6.45, 7) is 11.0. The molecule has 3 nitrogen and oxygen atoms in total. The zero-order valence-corrected chi connectivity index (χ0v) is 13.9. The van der Waals surface area contributed by atoms with Crippen LogP contribution in [-0.4, -0.2) is 24.6 Å². The Balaban J connectivity index is 2.74. The lowest BCUT2D eigenvalue weighted by molar-refractivity contribution is 0.614. The molecule has 0 saturated heterocycles. The number of hydrogen-bond donors (Lipinski definition) is 1. The van der Waals surface area contributed by atoms with Gasteiger partial charge >= 0.3 is 0 Å². The van der Waals surface area contributed by atoms with Crippen LogP contribution in [0.15, 0.2) is 0 Å². The minimum atomic E-state index is 0.567. The van der Waals surface area contributed by atoms with Gasteiger partial charge < -0.3 is 10.2 Å². The monoisotopic (exact) mass is 283 g/mol. The molecular formula is C15H29N3S. The number of aromatic nitrogens is 1. The second-order valence-corrected chi connectivity index (χ2v) is 6.21. The van der Waals surface area contributed by atoms with Gasteiger partial charge in [-0.05, 0) is 32.7 Å². The van der Waals surface area contributed by atoms with E-state index in [0.717, 1.165) is 19.5 Å². The predicted octanol–water partition coefficient (Wildman–Crippen LogP) is 3.83. The van der Waals surface area contributed by atoms with Crippen molar-refractivity contribution < 1.29 is 0 Å². The van der Waals surface area contributed by atoms with Crippen molar-refractivity contribution in [3.8, 4) is 0 Å². The molecule has 0 saturated carbocycles. The maximum absolute atomic E-state index is 4.82. The number of rotatable bonds is 9. The fraction of sp³-hybridized carbons (Fsp3) is 0.800. The summed E-state index contributed by atoms with van der Waals surface area (Å²) >= 11 is 1.85. The maximum atomic E-state index is 4.82. The average molecular weight is 283 g/mol. The third-order valence-corrected chi connectivity index (χ3v) is 4.67. The highest BCUT2D eigenvalue weighted by atomic mass is 32.1. The highest BCUT2D eigenvalue weighted by molar-refractivity contribution is 7.15. The van der Waals surface area contributed by atoms with Crippen molar-refractivity contribution in [3.05, 3.63) is 10.6 Å². The minimum absolute atomic E-state index is 0.567. The van der Waals surface area contributed by atoms with Gasteiger partial charge in [0.2, 0.25) is 0 Å². The van der Waals surface area contributed by atoms with E-state index in [1.165, 1.54) is 35.0 Å². The van der Waals surface area contributed by atoms with E-state index in [9.17, 15) is 0 Å². The highest BCUT2D eigenvalue weighted by Crippen LogP contribution is 2.28. The highest BCUT2D eigenvalue weighted by Gasteiger charge is 2.16. The molecule has 0 bridgehead atoms. The van der Waals surface area contributed by atoms with Crippen LogP contribution in [0.3, 0.4) is 0 Å². The number of hydrogen-bond acceptors (Lipinski definition) is 4. The summed E-state index contributed by atoms with van der Waals surface area (Å²) in [6.07, 6.45) is 4.65. The SMILES string of the molecule is CCCNCc1sc(N(C)C(C)CCC)nc1CC. The van der Waals surface area contributed by atoms with Crippen LogP contribution >= 0.6 is 11.3 Å². The van der Waals surface area contributed by atoms with Crippen molar-refractivity contribution in [2.24, 2.45) is 0 Å². The molecule has 1 aromatic rings. The van der Waals surface area contributed by atoms with E-state index in [4.69, 9.17) is 4.98 Å². The Morgan fingerprint density at radius 1 is 1.26 bits per heavy atom. The molecule has 4 heteroatoms. The van der Waals surface area contributed by atoms with Crippen molar-refractivity contribution in [2.75, 3.05) is 18.5 Å². The van der Waals surface area contributed by atoms with Crippen molar-refractivity contribution in [1.29, 1.82) is 0 Å². The van der Waals surface area contributed by atoms with Crippen LogP contribution in [-0.2, 0) is 13.0 Å². The summed E-state index contributed by atoms with van der Waals surface area (Å²) in [6, 6.07) is 0.567. The van der Waals surface area contributed by atoms with Gasteiger partial charge in [0.1, 0.15) is 0 Å². The van der Waals surface area contributed by atoms with E-state index in [0.29, 0.717) is 6.04 Å². The van der Waals surface area contributed by atoms with Crippen LogP contribution in [0, 0.1) is 0 Å². The van der Waals surface area contributed by atoms with Crippen molar-refractivity contribution in [3.63, 3.8) is 0 Å². The summed E-state index contributed by atoms with van der Waals surface area (Å²) in [5.74, 6) is 0. The van der Waals surface area contributed by atoms with Crippen LogP contribution in [0.25, 0.3) is 0 Å². The minimum Gasteiger partial charge on any atom is -0.348 e. The van der Waals surface area contributed by atoms with Gasteiger partial charge in [0.25, 0.3) is 0 Å². The molecule has 1 heterocycles. The van der Waals surface area contributed by atoms with Crippen LogP contribution in [0.4, 0.5) is 5.13 Å². The van der Waals surface area contributed by atoms with Gasteiger partial charge in [-0.1, -0.05) is 27.2 Å². The van der Waals surface area contributed by atoms with E-state index < -0.39 is 0 Å². The molecule has 0 amide bonds. The number of anilines is 1. The normalized spacial score (nSPS) is 12.7. The van der Waals surface area contributed by atoms with Crippen molar-refractivity contribution in [2.45, 2.75) is 66.0 Å². The molecule has 1 N–H and O–H groups in total. The third-order valence-electron chi connectivity index (χ3n) is 3.48. The van der Waals surface area contributed by atoms with Gasteiger partial charge in [-0.25, -0.2) is 4.98 Å². The molecule has 110 valence electrons. The number of thiazole rings is 1. The molecule has 1 aromatic heterocycles. The summed E-state index contributed by atoms with van der Waals surface area (Å²) in [4.78, 5) is 8.55. The largest absolute Gasteiger partial charge is 0.348 e. The Bertz CT molecular complexity index is 362. The Labute approximate surface area is 122 Å². The van der Waals surface area contributed by atoms with E-state index >= 15 is 0 Å². The summed E-state index contributed by atoms with van der Waals surface area (Å²) in [5, 5.41) is 4.66. The van der Waals surface area contributed by atoms with Crippen LogP contribution in [0.1, 0.15) is 57.5 Å². The molecule has 0 aromatic carbocycles. The Kier molecular flexibility index (Phi) is 7.39. The maximum Gasteiger partial charge on any atom is 0.185 e. The number of nitrogens with one attached hydrogen (secondary N) is 1. The first-order chi connectivity index (χ1) is 9.13. The first-order valence-corrected chi connectivity index (χ1v) is 8.37. The zero-order chi connectivity index (χ0) is 14.3. The van der Waals surface area contributed by atoms with Gasteiger partial charge in [-0.2, -0.15) is 0 Å². The second kappa shape index (κ2) is 8.54. The Morgan fingerprint density at radius 2 is 2.00 bits per heavy atom. The third kappa shape index (κ3) is 4.77. The molecular weight excluding hydrogens is 254 g/mol. The molecule has 1 rings (SSSR count). The average Bonchev–Trinajstić information content (AvgIpc) is 2.81. The summed E-state index contributed by atoms with van der Waals surface area (Å²) < 4.78 is 0. The summed E-state index contributed by atoms with van der Waals surface area (Å²) in [5.41, 5.74) is 1.26. The lowest BCUT2D eigenvalue weighted by Gasteiger charge is -2.23. The smallest absolute Gasteiger partial charge is 0.185 e. The van der Waals surface area contributed by atoms with Crippen molar-refractivity contribution >= 4 is 16.5 Å². The predicted molar refractivity (Wildman–Crippen MR) is 86.3 cm³/mol. The molecule has 0 aliphatic carbocycles. The molecule has 0 fully saturated rings.